The smallest absolute Gasteiger partial charge is 0.344 e. The first-order valence-electron chi connectivity index (χ1n) is 10.1. The summed E-state index contributed by atoms with van der Waals surface area (Å²) in [7, 11) is 0. The summed E-state index contributed by atoms with van der Waals surface area (Å²) in [5.41, 5.74) is 2.99. The van der Waals surface area contributed by atoms with Gasteiger partial charge in [0.15, 0.2) is 0 Å². The van der Waals surface area contributed by atoms with Crippen molar-refractivity contribution in [3.05, 3.63) is 69.0 Å². The molecule has 2 aromatic carbocycles. The summed E-state index contributed by atoms with van der Waals surface area (Å²) in [5, 5.41) is 12.6. The Morgan fingerprint density at radius 3 is 2.47 bits per heavy atom. The van der Waals surface area contributed by atoms with Crippen LogP contribution < -0.4 is 10.9 Å². The first kappa shape index (κ1) is 21.4. The van der Waals surface area contributed by atoms with Crippen LogP contribution in [0.15, 0.2) is 41.2 Å². The van der Waals surface area contributed by atoms with E-state index < -0.39 is 17.6 Å². The molecule has 0 saturated heterocycles. The summed E-state index contributed by atoms with van der Waals surface area (Å²) in [6.07, 6.45) is 0.639. The number of hydrogen-bond acceptors (Lipinski definition) is 3. The average molecular weight is 409 g/mol. The van der Waals surface area contributed by atoms with Gasteiger partial charge in [-0.25, -0.2) is 9.59 Å². The van der Waals surface area contributed by atoms with Gasteiger partial charge in [0.1, 0.15) is 0 Å². The van der Waals surface area contributed by atoms with E-state index >= 15 is 0 Å². The number of nitrogens with zero attached hydrogens (tertiary/aromatic N) is 2. The van der Waals surface area contributed by atoms with E-state index in [1.807, 2.05) is 32.0 Å². The third kappa shape index (κ3) is 3.75. The Kier molecular flexibility index (Phi) is 6.10. The molecule has 7 heteroatoms. The highest BCUT2D eigenvalue weighted by Gasteiger charge is 2.23. The maximum absolute atomic E-state index is 13.1. The Morgan fingerprint density at radius 2 is 1.83 bits per heavy atom. The second-order valence-electron chi connectivity index (χ2n) is 7.70. The van der Waals surface area contributed by atoms with Gasteiger partial charge in [-0.2, -0.15) is 4.68 Å². The van der Waals surface area contributed by atoms with E-state index in [1.165, 1.54) is 16.8 Å². The van der Waals surface area contributed by atoms with Gasteiger partial charge in [-0.1, -0.05) is 45.0 Å². The van der Waals surface area contributed by atoms with Gasteiger partial charge in [-0.3, -0.25) is 9.48 Å². The van der Waals surface area contributed by atoms with Crippen LogP contribution in [-0.2, 0) is 13.1 Å². The molecule has 0 aliphatic rings. The molecule has 0 radical (unpaired) electrons. The molecule has 158 valence electrons. The number of amides is 1. The molecule has 2 N–H and O–H groups in total. The molecular formula is C23H27N3O4. The van der Waals surface area contributed by atoms with Crippen LogP contribution >= 0.6 is 0 Å². The van der Waals surface area contributed by atoms with Gasteiger partial charge in [0, 0.05) is 13.1 Å². The summed E-state index contributed by atoms with van der Waals surface area (Å²) in [5.74, 6) is -0.839. The number of fused-ring (bicyclic) bond motifs is 1. The lowest BCUT2D eigenvalue weighted by Crippen LogP contribution is -2.38. The quantitative estimate of drug-likeness (QED) is 0.641. The zero-order valence-electron chi connectivity index (χ0n) is 17.7. The molecule has 7 nitrogen and oxygen atoms in total. The number of carboxylic acids is 1. The summed E-state index contributed by atoms with van der Waals surface area (Å²) in [6.45, 7) is 8.72. The largest absolute Gasteiger partial charge is 0.478 e. The van der Waals surface area contributed by atoms with E-state index in [-0.39, 0.29) is 23.0 Å². The van der Waals surface area contributed by atoms with Crippen LogP contribution in [0.5, 0.6) is 0 Å². The zero-order chi connectivity index (χ0) is 22.0. The van der Waals surface area contributed by atoms with Gasteiger partial charge in [0.25, 0.3) is 5.56 Å². The number of carbonyl (C=O) groups excluding carboxylic acids is 1. The van der Waals surface area contributed by atoms with E-state index in [2.05, 4.69) is 19.2 Å². The topological polar surface area (TPSA) is 93.3 Å². The highest BCUT2D eigenvalue weighted by atomic mass is 16.4. The predicted molar refractivity (Wildman–Crippen MR) is 116 cm³/mol. The zero-order valence-corrected chi connectivity index (χ0v) is 17.7. The van der Waals surface area contributed by atoms with E-state index in [4.69, 9.17) is 0 Å². The van der Waals surface area contributed by atoms with Gasteiger partial charge in [-0.15, -0.1) is 0 Å². The maximum atomic E-state index is 13.1. The molecule has 3 aromatic rings. The molecular weight excluding hydrogens is 382 g/mol. The standard InChI is InChI=1S/C23H27N3O4/c1-5-12-25-20-17(10-7-11-18(20)22(28)29)21(27)26(25)23(30)24-13-19-15(4)8-6-9-16(19)14(2)3/h6-11,14H,5,12-13H2,1-4H3,(H,24,30)(H,28,29). The van der Waals surface area contributed by atoms with Crippen molar-refractivity contribution in [1.29, 1.82) is 0 Å². The minimum atomic E-state index is -1.13. The number of hydrogen-bond donors (Lipinski definition) is 2. The molecule has 0 unspecified atom stereocenters. The number of para-hydroxylation sites is 1. The third-order valence-electron chi connectivity index (χ3n) is 5.30. The SMILES string of the molecule is CCCn1c2c(C(=O)O)cccc2c(=O)n1C(=O)NCc1c(C)cccc1C(C)C. The Balaban J connectivity index is 2.05. The molecule has 0 fully saturated rings. The van der Waals surface area contributed by atoms with E-state index in [0.717, 1.165) is 21.4 Å². The van der Waals surface area contributed by atoms with Crippen molar-refractivity contribution in [2.75, 3.05) is 0 Å². The maximum Gasteiger partial charge on any atom is 0.344 e. The highest BCUT2D eigenvalue weighted by Crippen LogP contribution is 2.22. The number of aromatic carboxylic acids is 1. The van der Waals surface area contributed by atoms with Gasteiger partial charge in [-0.05, 0) is 48.1 Å². The van der Waals surface area contributed by atoms with E-state index in [9.17, 15) is 19.5 Å². The van der Waals surface area contributed by atoms with Crippen LogP contribution in [0.2, 0.25) is 0 Å². The van der Waals surface area contributed by atoms with Crippen LogP contribution in [0.3, 0.4) is 0 Å². The monoisotopic (exact) mass is 409 g/mol. The number of aryl methyl sites for hydroxylation is 2. The molecule has 1 amide bonds. The molecule has 0 atom stereocenters. The van der Waals surface area contributed by atoms with Crippen LogP contribution in [0.4, 0.5) is 4.79 Å². The van der Waals surface area contributed by atoms with Crippen LogP contribution in [0, 0.1) is 6.92 Å². The molecule has 0 aliphatic heterocycles. The highest BCUT2D eigenvalue weighted by molar-refractivity contribution is 6.02. The number of carboxylic acid groups (broad SMARTS) is 1. The lowest BCUT2D eigenvalue weighted by atomic mass is 9.94. The van der Waals surface area contributed by atoms with Gasteiger partial charge in [0.05, 0.1) is 16.5 Å². The number of rotatable bonds is 6. The van der Waals surface area contributed by atoms with Crippen molar-refractivity contribution in [1.82, 2.24) is 14.7 Å². The minimum Gasteiger partial charge on any atom is -0.478 e. The van der Waals surface area contributed by atoms with Crippen LogP contribution in [-0.4, -0.2) is 26.5 Å². The predicted octanol–water partition coefficient (Wildman–Crippen LogP) is 4.10. The molecule has 1 heterocycles. The van der Waals surface area contributed by atoms with Crippen molar-refractivity contribution in [2.45, 2.75) is 53.1 Å². The number of aromatic nitrogens is 2. The fraction of sp³-hybridized carbons (Fsp3) is 0.348. The lowest BCUT2D eigenvalue weighted by Gasteiger charge is -2.17. The van der Waals surface area contributed by atoms with Crippen molar-refractivity contribution in [2.24, 2.45) is 0 Å². The van der Waals surface area contributed by atoms with E-state index in [0.29, 0.717) is 18.9 Å². The van der Waals surface area contributed by atoms with E-state index in [1.54, 1.807) is 6.07 Å². The molecule has 1 aromatic heterocycles. The Morgan fingerprint density at radius 1 is 1.13 bits per heavy atom. The van der Waals surface area contributed by atoms with Gasteiger partial charge in [0.2, 0.25) is 0 Å². The molecule has 0 saturated carbocycles. The Hall–Kier alpha value is -3.35. The van der Waals surface area contributed by atoms with Crippen molar-refractivity contribution in [3.8, 4) is 0 Å². The second-order valence-corrected chi connectivity index (χ2v) is 7.70. The molecule has 0 spiro atoms. The lowest BCUT2D eigenvalue weighted by molar-refractivity contribution is 0.0698. The first-order valence-corrected chi connectivity index (χ1v) is 10.1. The molecule has 3 rings (SSSR count). The Bertz CT molecular complexity index is 1170. The summed E-state index contributed by atoms with van der Waals surface area (Å²) in [4.78, 5) is 37.7. The van der Waals surface area contributed by atoms with Crippen LogP contribution in [0.1, 0.15) is 60.2 Å². The number of nitrogens with one attached hydrogen (secondary N) is 1. The normalized spacial score (nSPS) is 11.2. The molecule has 0 bridgehead atoms. The average Bonchev–Trinajstić information content (AvgIpc) is 2.98. The van der Waals surface area contributed by atoms with Gasteiger partial charge >= 0.3 is 12.0 Å². The molecule has 0 aliphatic carbocycles. The second kappa shape index (κ2) is 8.57. The number of carbonyl (C=O) groups is 2. The number of benzene rings is 2. The minimum absolute atomic E-state index is 0.00518. The summed E-state index contributed by atoms with van der Waals surface area (Å²) < 4.78 is 2.49. The molecule has 30 heavy (non-hydrogen) atoms. The van der Waals surface area contributed by atoms with Crippen molar-refractivity contribution in [3.63, 3.8) is 0 Å². The van der Waals surface area contributed by atoms with Crippen molar-refractivity contribution >= 4 is 22.9 Å². The van der Waals surface area contributed by atoms with Crippen molar-refractivity contribution < 1.29 is 14.7 Å². The van der Waals surface area contributed by atoms with Crippen LogP contribution in [0.25, 0.3) is 10.9 Å². The fourth-order valence-electron chi connectivity index (χ4n) is 3.86. The summed E-state index contributed by atoms with van der Waals surface area (Å²) >= 11 is 0. The Labute approximate surface area is 174 Å². The first-order chi connectivity index (χ1) is 14.3. The van der Waals surface area contributed by atoms with Gasteiger partial charge < -0.3 is 10.4 Å². The fourth-order valence-corrected chi connectivity index (χ4v) is 3.86. The third-order valence-corrected chi connectivity index (χ3v) is 5.30. The summed E-state index contributed by atoms with van der Waals surface area (Å²) in [6, 6.07) is 9.98.